The van der Waals surface area contributed by atoms with Crippen LogP contribution in [-0.4, -0.2) is 48.8 Å². The van der Waals surface area contributed by atoms with Crippen LogP contribution in [0.3, 0.4) is 0 Å². The number of pyridine rings is 1. The number of carbonyl (C=O) groups is 1. The van der Waals surface area contributed by atoms with E-state index in [1.54, 1.807) is 25.4 Å². The molecule has 2 aromatic rings. The summed E-state index contributed by atoms with van der Waals surface area (Å²) in [6, 6.07) is 9.57. The van der Waals surface area contributed by atoms with Crippen LogP contribution in [0.2, 0.25) is 0 Å². The summed E-state index contributed by atoms with van der Waals surface area (Å²) in [7, 11) is 1.67. The summed E-state index contributed by atoms with van der Waals surface area (Å²) in [5, 5.41) is 0. The smallest absolute Gasteiger partial charge is 0.255 e. The van der Waals surface area contributed by atoms with Crippen LogP contribution < -0.4 is 9.47 Å². The third-order valence-corrected chi connectivity index (χ3v) is 4.87. The van der Waals surface area contributed by atoms with Crippen LogP contribution in [0.25, 0.3) is 0 Å². The Morgan fingerprint density at radius 3 is 2.92 bits per heavy atom. The van der Waals surface area contributed by atoms with Gasteiger partial charge in [-0.2, -0.15) is 0 Å². The van der Waals surface area contributed by atoms with Crippen LogP contribution in [-0.2, 0) is 17.7 Å². The highest BCUT2D eigenvalue weighted by Crippen LogP contribution is 2.25. The zero-order valence-corrected chi connectivity index (χ0v) is 14.8. The van der Waals surface area contributed by atoms with Gasteiger partial charge in [0.15, 0.2) is 0 Å². The van der Waals surface area contributed by atoms with E-state index in [2.05, 4.69) is 11.1 Å². The molecule has 26 heavy (non-hydrogen) atoms. The van der Waals surface area contributed by atoms with Gasteiger partial charge in [0, 0.05) is 31.8 Å². The maximum absolute atomic E-state index is 12.8. The van der Waals surface area contributed by atoms with Crippen LogP contribution in [0, 0.1) is 0 Å². The molecule has 1 aromatic heterocycles. The minimum absolute atomic E-state index is 0.00489. The van der Waals surface area contributed by atoms with Gasteiger partial charge >= 0.3 is 0 Å². The molecule has 2 aliphatic rings. The number of aromatic nitrogens is 1. The highest BCUT2D eigenvalue weighted by molar-refractivity contribution is 5.94. The molecule has 0 aliphatic carbocycles. The second kappa shape index (κ2) is 7.33. The fourth-order valence-electron chi connectivity index (χ4n) is 3.37. The van der Waals surface area contributed by atoms with E-state index in [-0.39, 0.29) is 12.0 Å². The number of ether oxygens (including phenoxy) is 3. The monoisotopic (exact) mass is 354 g/mol. The van der Waals surface area contributed by atoms with Crippen LogP contribution in [0.15, 0.2) is 36.5 Å². The molecule has 1 aromatic carbocycles. The van der Waals surface area contributed by atoms with Gasteiger partial charge in [0.2, 0.25) is 5.88 Å². The van der Waals surface area contributed by atoms with E-state index in [4.69, 9.17) is 14.2 Å². The molecule has 1 unspecified atom stereocenters. The van der Waals surface area contributed by atoms with Crippen molar-refractivity contribution < 1.29 is 19.0 Å². The van der Waals surface area contributed by atoms with Crippen molar-refractivity contribution in [2.45, 2.75) is 25.5 Å². The highest BCUT2D eigenvalue weighted by Gasteiger charge is 2.23. The van der Waals surface area contributed by atoms with Crippen molar-refractivity contribution in [3.05, 3.63) is 53.2 Å². The Morgan fingerprint density at radius 2 is 2.19 bits per heavy atom. The third kappa shape index (κ3) is 3.51. The maximum atomic E-state index is 12.8. The van der Waals surface area contributed by atoms with Crippen LogP contribution in [0.5, 0.6) is 11.6 Å². The number of carbonyl (C=O) groups excluding carboxylic acids is 1. The third-order valence-electron chi connectivity index (χ3n) is 4.87. The molecule has 6 nitrogen and oxygen atoms in total. The predicted molar refractivity (Wildman–Crippen MR) is 95.5 cm³/mol. The van der Waals surface area contributed by atoms with Gasteiger partial charge in [0.05, 0.1) is 25.9 Å². The van der Waals surface area contributed by atoms with E-state index >= 15 is 0 Å². The van der Waals surface area contributed by atoms with Crippen molar-refractivity contribution in [1.29, 1.82) is 0 Å². The second-order valence-corrected chi connectivity index (χ2v) is 6.60. The SMILES string of the molecule is COc1ccc2c(c1)CCN(C(=O)c1ccc(OC3CCOC3)nc1)C2. The summed E-state index contributed by atoms with van der Waals surface area (Å²) in [5.41, 5.74) is 2.99. The van der Waals surface area contributed by atoms with Gasteiger partial charge < -0.3 is 19.1 Å². The molecule has 0 saturated carbocycles. The summed E-state index contributed by atoms with van der Waals surface area (Å²) in [5.74, 6) is 1.39. The molecule has 1 atom stereocenters. The van der Waals surface area contributed by atoms with E-state index in [1.807, 2.05) is 17.0 Å². The van der Waals surface area contributed by atoms with Gasteiger partial charge in [0.25, 0.3) is 5.91 Å². The molecule has 0 bridgehead atoms. The molecule has 2 aliphatic heterocycles. The molecule has 1 saturated heterocycles. The Balaban J connectivity index is 1.42. The molecule has 0 N–H and O–H groups in total. The van der Waals surface area contributed by atoms with Gasteiger partial charge in [0.1, 0.15) is 11.9 Å². The van der Waals surface area contributed by atoms with Crippen molar-refractivity contribution in [1.82, 2.24) is 9.88 Å². The molecule has 1 fully saturated rings. The topological polar surface area (TPSA) is 60.9 Å². The Bertz CT molecular complexity index is 785. The first-order valence-corrected chi connectivity index (χ1v) is 8.88. The first kappa shape index (κ1) is 16.8. The molecule has 0 spiro atoms. The van der Waals surface area contributed by atoms with Crippen LogP contribution >= 0.6 is 0 Å². The van der Waals surface area contributed by atoms with Crippen molar-refractivity contribution in [3.8, 4) is 11.6 Å². The Labute approximate surface area is 152 Å². The minimum atomic E-state index is -0.00489. The van der Waals surface area contributed by atoms with E-state index in [1.165, 1.54) is 11.1 Å². The van der Waals surface area contributed by atoms with Gasteiger partial charge in [-0.3, -0.25) is 4.79 Å². The number of fused-ring (bicyclic) bond motifs is 1. The maximum Gasteiger partial charge on any atom is 0.255 e. The van der Waals surface area contributed by atoms with Gasteiger partial charge in [-0.05, 0) is 35.7 Å². The Morgan fingerprint density at radius 1 is 1.27 bits per heavy atom. The number of rotatable bonds is 4. The van der Waals surface area contributed by atoms with E-state index in [0.29, 0.717) is 31.1 Å². The molecule has 3 heterocycles. The first-order chi connectivity index (χ1) is 12.7. The summed E-state index contributed by atoms with van der Waals surface area (Å²) in [4.78, 5) is 18.9. The summed E-state index contributed by atoms with van der Waals surface area (Å²) >= 11 is 0. The molecule has 6 heteroatoms. The molecule has 1 amide bonds. The summed E-state index contributed by atoms with van der Waals surface area (Å²) in [6.07, 6.45) is 3.35. The van der Waals surface area contributed by atoms with Gasteiger partial charge in [-0.25, -0.2) is 4.98 Å². The number of methoxy groups -OCH3 is 1. The zero-order chi connectivity index (χ0) is 17.9. The fourth-order valence-corrected chi connectivity index (χ4v) is 3.37. The van der Waals surface area contributed by atoms with Gasteiger partial charge in [-0.1, -0.05) is 6.07 Å². The lowest BCUT2D eigenvalue weighted by Crippen LogP contribution is -2.36. The number of hydrogen-bond acceptors (Lipinski definition) is 5. The number of hydrogen-bond donors (Lipinski definition) is 0. The second-order valence-electron chi connectivity index (χ2n) is 6.60. The van der Waals surface area contributed by atoms with Crippen LogP contribution in [0.4, 0.5) is 0 Å². The molecular weight excluding hydrogens is 332 g/mol. The highest BCUT2D eigenvalue weighted by atomic mass is 16.5. The van der Waals surface area contributed by atoms with E-state index in [0.717, 1.165) is 25.2 Å². The van der Waals surface area contributed by atoms with Crippen molar-refractivity contribution >= 4 is 5.91 Å². The van der Waals surface area contributed by atoms with Crippen molar-refractivity contribution in [3.63, 3.8) is 0 Å². The van der Waals surface area contributed by atoms with Gasteiger partial charge in [-0.15, -0.1) is 0 Å². The lowest BCUT2D eigenvalue weighted by molar-refractivity contribution is 0.0734. The molecule has 136 valence electrons. The quantitative estimate of drug-likeness (QED) is 0.844. The summed E-state index contributed by atoms with van der Waals surface area (Å²) in [6.45, 7) is 2.62. The van der Waals surface area contributed by atoms with Crippen molar-refractivity contribution in [2.24, 2.45) is 0 Å². The van der Waals surface area contributed by atoms with E-state index in [9.17, 15) is 4.79 Å². The lowest BCUT2D eigenvalue weighted by Gasteiger charge is -2.29. The Kier molecular flexibility index (Phi) is 4.75. The summed E-state index contributed by atoms with van der Waals surface area (Å²) < 4.78 is 16.3. The van der Waals surface area contributed by atoms with Crippen molar-refractivity contribution in [2.75, 3.05) is 26.9 Å². The molecule has 4 rings (SSSR count). The van der Waals surface area contributed by atoms with E-state index < -0.39 is 0 Å². The standard InChI is InChI=1S/C20H22N2O4/c1-24-17-4-2-16-12-22(8-6-14(16)10-17)20(23)15-3-5-19(21-11-15)26-18-7-9-25-13-18/h2-5,10-11,18H,6-9,12-13H2,1H3. The number of benzene rings is 1. The first-order valence-electron chi connectivity index (χ1n) is 8.88. The predicted octanol–water partition coefficient (Wildman–Crippen LogP) is 2.46. The number of amides is 1. The Hall–Kier alpha value is -2.60. The average Bonchev–Trinajstić information content (AvgIpc) is 3.20. The fraction of sp³-hybridized carbons (Fsp3) is 0.400. The van der Waals surface area contributed by atoms with Crippen LogP contribution in [0.1, 0.15) is 27.9 Å². The normalized spacial score (nSPS) is 19.1. The largest absolute Gasteiger partial charge is 0.497 e. The lowest BCUT2D eigenvalue weighted by atomic mass is 9.99. The number of nitrogens with zero attached hydrogens (tertiary/aromatic N) is 2. The minimum Gasteiger partial charge on any atom is -0.497 e. The molecular formula is C20H22N2O4. The molecule has 0 radical (unpaired) electrons. The average molecular weight is 354 g/mol. The zero-order valence-electron chi connectivity index (χ0n) is 14.8.